The van der Waals surface area contributed by atoms with Crippen molar-refractivity contribution in [3.8, 4) is 0 Å². The third kappa shape index (κ3) is 6.15. The summed E-state index contributed by atoms with van der Waals surface area (Å²) in [4.78, 5) is 20.8. The second kappa shape index (κ2) is 14.0. The molecule has 0 N–H and O–H groups in total. The Labute approximate surface area is 308 Å². The Kier molecular flexibility index (Phi) is 9.22. The summed E-state index contributed by atoms with van der Waals surface area (Å²) in [6, 6.07) is 42.1. The SMILES string of the molecule is C1=CC2=NC1=CC1=NC(=C(c3ccccc3)C3=NC(=CC4=NC(=C2)C=C4)C=C3c2ccccc2)C(c2ccccc2)=C1c1ccccc1.Cl.[AlH3]. The van der Waals surface area contributed by atoms with Crippen molar-refractivity contribution in [2.75, 3.05) is 0 Å². The van der Waals surface area contributed by atoms with Gasteiger partial charge in [0.2, 0.25) is 0 Å². The Morgan fingerprint density at radius 1 is 0.360 bits per heavy atom. The average molecular weight is 679 g/mol. The molecule has 0 saturated heterocycles. The minimum Gasteiger partial charge on any atom is -0.249 e. The molecular weight excluding hydrogens is 647 g/mol. The Morgan fingerprint density at radius 2 is 0.820 bits per heavy atom. The average Bonchev–Trinajstić information content (AvgIpc) is 3.94. The van der Waals surface area contributed by atoms with E-state index in [0.717, 1.165) is 90.2 Å². The largest absolute Gasteiger partial charge is 0.249 e. The van der Waals surface area contributed by atoms with Gasteiger partial charge in [-0.3, -0.25) is 0 Å². The molecule has 0 radical (unpaired) electrons. The lowest BCUT2D eigenvalue weighted by Gasteiger charge is -2.17. The van der Waals surface area contributed by atoms with Gasteiger partial charge in [-0.25, -0.2) is 20.0 Å². The van der Waals surface area contributed by atoms with Crippen molar-refractivity contribution in [2.45, 2.75) is 0 Å². The molecule has 8 bridgehead atoms. The lowest BCUT2D eigenvalue weighted by atomic mass is 9.86. The van der Waals surface area contributed by atoms with E-state index in [1.54, 1.807) is 0 Å². The van der Waals surface area contributed by atoms with Gasteiger partial charge in [0.1, 0.15) is 0 Å². The minimum atomic E-state index is 0. The second-order valence-corrected chi connectivity index (χ2v) is 11.9. The molecular formula is C44H32AlClN4. The molecule has 0 saturated carbocycles. The zero-order chi connectivity index (χ0) is 31.9. The molecule has 0 fully saturated rings. The highest BCUT2D eigenvalue weighted by molar-refractivity contribution is 6.50. The number of fused-ring (bicyclic) bond motifs is 4. The monoisotopic (exact) mass is 678 g/mol. The Bertz CT molecular complexity index is 2380. The summed E-state index contributed by atoms with van der Waals surface area (Å²) in [7, 11) is 0. The first kappa shape index (κ1) is 32.8. The fourth-order valence-corrected chi connectivity index (χ4v) is 6.63. The summed E-state index contributed by atoms with van der Waals surface area (Å²) in [6.07, 6.45) is 16.5. The van der Waals surface area contributed by atoms with Gasteiger partial charge >= 0.3 is 0 Å². The van der Waals surface area contributed by atoms with Crippen LogP contribution in [0.3, 0.4) is 0 Å². The van der Waals surface area contributed by atoms with Crippen LogP contribution >= 0.6 is 12.4 Å². The van der Waals surface area contributed by atoms with Crippen LogP contribution < -0.4 is 0 Å². The zero-order valence-corrected chi connectivity index (χ0v) is 27.2. The van der Waals surface area contributed by atoms with Crippen LogP contribution in [-0.2, 0) is 0 Å². The van der Waals surface area contributed by atoms with Crippen LogP contribution in [0.15, 0.2) is 213 Å². The maximum absolute atomic E-state index is 5.56. The molecule has 50 heavy (non-hydrogen) atoms. The molecule has 9 rings (SSSR count). The summed E-state index contributed by atoms with van der Waals surface area (Å²) in [5.74, 6) is 0. The topological polar surface area (TPSA) is 49.4 Å². The molecule has 0 atom stereocenters. The molecule has 5 heterocycles. The van der Waals surface area contributed by atoms with E-state index >= 15 is 0 Å². The molecule has 0 aromatic heterocycles. The van der Waals surface area contributed by atoms with Crippen LogP contribution in [-0.4, -0.2) is 40.2 Å². The van der Waals surface area contributed by atoms with E-state index in [2.05, 4.69) is 133 Å². The predicted molar refractivity (Wildman–Crippen MR) is 217 cm³/mol. The van der Waals surface area contributed by atoms with E-state index in [0.29, 0.717) is 0 Å². The van der Waals surface area contributed by atoms with E-state index in [1.165, 1.54) is 0 Å². The van der Waals surface area contributed by atoms with Crippen molar-refractivity contribution >= 4 is 74.9 Å². The predicted octanol–water partition coefficient (Wildman–Crippen LogP) is 8.93. The molecule has 0 amide bonds. The van der Waals surface area contributed by atoms with Crippen molar-refractivity contribution in [3.05, 3.63) is 215 Å². The first-order chi connectivity index (χ1) is 23.8. The number of aliphatic imine (C=N–C) groups is 4. The Hall–Kier alpha value is -5.70. The number of halogens is 1. The van der Waals surface area contributed by atoms with Crippen molar-refractivity contribution in [3.63, 3.8) is 0 Å². The lowest BCUT2D eigenvalue weighted by molar-refractivity contribution is 1.41. The van der Waals surface area contributed by atoms with Crippen LogP contribution in [0.25, 0.3) is 22.3 Å². The maximum atomic E-state index is 5.56. The van der Waals surface area contributed by atoms with Crippen LogP contribution in [0.5, 0.6) is 0 Å². The van der Waals surface area contributed by atoms with E-state index in [4.69, 9.17) is 20.0 Å². The highest BCUT2D eigenvalue weighted by Gasteiger charge is 2.32. The molecule has 4 aromatic carbocycles. The minimum absolute atomic E-state index is 0. The number of benzene rings is 4. The Balaban J connectivity index is 0.00000196. The molecule has 0 spiro atoms. The summed E-state index contributed by atoms with van der Waals surface area (Å²) in [6.45, 7) is 0. The third-order valence-corrected chi connectivity index (χ3v) is 8.75. The van der Waals surface area contributed by atoms with Gasteiger partial charge in [0.15, 0.2) is 17.4 Å². The van der Waals surface area contributed by atoms with E-state index in [9.17, 15) is 0 Å². The highest BCUT2D eigenvalue weighted by Crippen LogP contribution is 2.46. The van der Waals surface area contributed by atoms with Gasteiger partial charge in [-0.1, -0.05) is 121 Å². The molecule has 0 unspecified atom stereocenters. The molecule has 6 heteroatoms. The smallest absolute Gasteiger partial charge is 0.187 e. The molecule has 4 aromatic rings. The van der Waals surface area contributed by atoms with Crippen molar-refractivity contribution in [1.82, 2.24) is 0 Å². The van der Waals surface area contributed by atoms with Crippen LogP contribution in [0.2, 0.25) is 0 Å². The van der Waals surface area contributed by atoms with Gasteiger partial charge in [-0.05, 0) is 70.9 Å². The second-order valence-electron chi connectivity index (χ2n) is 11.9. The van der Waals surface area contributed by atoms with Crippen LogP contribution in [0.1, 0.15) is 22.3 Å². The summed E-state index contributed by atoms with van der Waals surface area (Å²) < 4.78 is 0. The first-order valence-corrected chi connectivity index (χ1v) is 16.1. The first-order valence-electron chi connectivity index (χ1n) is 16.1. The summed E-state index contributed by atoms with van der Waals surface area (Å²) >= 11 is 0. The van der Waals surface area contributed by atoms with Crippen LogP contribution in [0.4, 0.5) is 0 Å². The van der Waals surface area contributed by atoms with E-state index in [-0.39, 0.29) is 29.8 Å². The zero-order valence-electron chi connectivity index (χ0n) is 26.4. The Morgan fingerprint density at radius 3 is 1.38 bits per heavy atom. The van der Waals surface area contributed by atoms with Gasteiger partial charge in [-0.15, -0.1) is 12.4 Å². The molecule has 5 aliphatic rings. The van der Waals surface area contributed by atoms with Gasteiger partial charge in [0.25, 0.3) is 0 Å². The standard InChI is InChI=1S/C44H28N4.Al.ClH.3H/c1-5-13-29(14-6-1)38-27-37-26-35-22-21-33(45-35)25-34-23-24-36(46-34)28-39-40(30-15-7-2-8-16-30)41(31-17-9-3-10-18-31)44(48-39)42(43(38)47-37)32-19-11-4-12-20-32;;;;;/h1-28H;;1H;;;. The quantitative estimate of drug-likeness (QED) is 0.194. The number of rotatable bonds is 4. The van der Waals surface area contributed by atoms with Crippen molar-refractivity contribution in [1.29, 1.82) is 0 Å². The van der Waals surface area contributed by atoms with E-state index in [1.807, 2.05) is 36.4 Å². The van der Waals surface area contributed by atoms with Crippen LogP contribution in [0, 0.1) is 0 Å². The number of hydrogen-bond acceptors (Lipinski definition) is 4. The maximum Gasteiger partial charge on any atom is 0.187 e. The molecule has 5 aliphatic heterocycles. The highest BCUT2D eigenvalue weighted by atomic mass is 35.5. The molecule has 0 aliphatic carbocycles. The normalized spacial score (nSPS) is 17.1. The summed E-state index contributed by atoms with van der Waals surface area (Å²) in [5.41, 5.74) is 15.3. The van der Waals surface area contributed by atoms with Gasteiger partial charge < -0.3 is 0 Å². The van der Waals surface area contributed by atoms with Crippen molar-refractivity contribution < 1.29 is 0 Å². The number of nitrogens with zero attached hydrogens (tertiary/aromatic N) is 4. The molecule has 238 valence electrons. The van der Waals surface area contributed by atoms with Gasteiger partial charge in [-0.2, -0.15) is 0 Å². The lowest BCUT2D eigenvalue weighted by Crippen LogP contribution is -2.07. The molecule has 4 nitrogen and oxygen atoms in total. The fourth-order valence-electron chi connectivity index (χ4n) is 6.63. The number of allylic oxidation sites excluding steroid dienone is 12. The van der Waals surface area contributed by atoms with E-state index < -0.39 is 0 Å². The van der Waals surface area contributed by atoms with Crippen molar-refractivity contribution in [2.24, 2.45) is 20.0 Å². The number of hydrogen-bond donors (Lipinski definition) is 0. The fraction of sp³-hybridized carbons (Fsp3) is 0. The van der Waals surface area contributed by atoms with Gasteiger partial charge in [0, 0.05) is 22.3 Å². The van der Waals surface area contributed by atoms with Gasteiger partial charge in [0.05, 0.1) is 45.6 Å². The summed E-state index contributed by atoms with van der Waals surface area (Å²) in [5, 5.41) is 0. The third-order valence-electron chi connectivity index (χ3n) is 8.75.